The van der Waals surface area contributed by atoms with Crippen LogP contribution < -0.4 is 5.73 Å². The monoisotopic (exact) mass is 387 g/mol. The minimum Gasteiger partial charge on any atom is -0.338 e. The van der Waals surface area contributed by atoms with Gasteiger partial charge in [-0.2, -0.15) is 0 Å². The fraction of sp³-hybridized carbons (Fsp3) is 0.500. The largest absolute Gasteiger partial charge is 0.338 e. The van der Waals surface area contributed by atoms with Crippen molar-refractivity contribution in [3.05, 3.63) is 37.3 Å². The zero-order chi connectivity index (χ0) is 16.0. The van der Waals surface area contributed by atoms with Crippen LogP contribution in [0, 0.1) is 22.0 Å². The number of halogens is 2. The molecule has 1 amide bonds. The van der Waals surface area contributed by atoms with Gasteiger partial charge >= 0.3 is 0 Å². The van der Waals surface area contributed by atoms with Crippen molar-refractivity contribution >= 4 is 39.1 Å². The molecule has 8 heteroatoms. The van der Waals surface area contributed by atoms with E-state index in [2.05, 4.69) is 15.9 Å². The molecule has 1 aliphatic carbocycles. The van der Waals surface area contributed by atoms with Gasteiger partial charge in [-0.25, -0.2) is 0 Å². The van der Waals surface area contributed by atoms with Crippen molar-refractivity contribution in [2.45, 2.75) is 18.9 Å². The van der Waals surface area contributed by atoms with E-state index in [4.69, 9.17) is 17.3 Å². The zero-order valence-corrected chi connectivity index (χ0v) is 14.0. The lowest BCUT2D eigenvalue weighted by molar-refractivity contribution is -0.384. The van der Waals surface area contributed by atoms with E-state index in [0.29, 0.717) is 29.4 Å². The molecule has 0 bridgehead atoms. The fourth-order valence-corrected chi connectivity index (χ4v) is 4.21. The first-order valence-corrected chi connectivity index (χ1v) is 8.24. The Hall–Kier alpha value is -1.18. The van der Waals surface area contributed by atoms with Crippen LogP contribution in [0.4, 0.5) is 5.69 Å². The smallest absolute Gasteiger partial charge is 0.289 e. The standard InChI is InChI=1S/C14H15BrClN3O3/c15-8-3-9(13(16)12(4-8)19(21)22)14(20)18-5-7-1-2-11(17)10(7)6-18/h3-4,7,10-11H,1-2,5-6,17H2. The Morgan fingerprint density at radius 3 is 2.77 bits per heavy atom. The molecule has 1 saturated carbocycles. The maximum Gasteiger partial charge on any atom is 0.289 e. The molecule has 22 heavy (non-hydrogen) atoms. The van der Waals surface area contributed by atoms with Crippen LogP contribution >= 0.6 is 27.5 Å². The summed E-state index contributed by atoms with van der Waals surface area (Å²) in [5, 5.41) is 10.9. The number of amides is 1. The molecule has 0 aromatic heterocycles. The van der Waals surface area contributed by atoms with Gasteiger partial charge < -0.3 is 10.6 Å². The Morgan fingerprint density at radius 2 is 2.14 bits per heavy atom. The van der Waals surface area contributed by atoms with Gasteiger partial charge in [0.05, 0.1) is 10.5 Å². The number of fused-ring (bicyclic) bond motifs is 1. The third-order valence-electron chi connectivity index (χ3n) is 4.64. The maximum atomic E-state index is 12.7. The summed E-state index contributed by atoms with van der Waals surface area (Å²) in [7, 11) is 0. The molecule has 1 aliphatic heterocycles. The van der Waals surface area contributed by atoms with Crippen LogP contribution in [0.5, 0.6) is 0 Å². The van der Waals surface area contributed by atoms with Crippen LogP contribution in [-0.4, -0.2) is 34.9 Å². The van der Waals surface area contributed by atoms with Gasteiger partial charge in [0, 0.05) is 29.7 Å². The first kappa shape index (κ1) is 15.7. The van der Waals surface area contributed by atoms with Crippen molar-refractivity contribution in [3.8, 4) is 0 Å². The minimum atomic E-state index is -0.585. The van der Waals surface area contributed by atoms with Gasteiger partial charge in [0.25, 0.3) is 11.6 Å². The van der Waals surface area contributed by atoms with Gasteiger partial charge in [0.1, 0.15) is 5.02 Å². The van der Waals surface area contributed by atoms with Crippen LogP contribution in [0.2, 0.25) is 5.02 Å². The van der Waals surface area contributed by atoms with Crippen LogP contribution in [0.1, 0.15) is 23.2 Å². The Labute approximate surface area is 140 Å². The number of likely N-dealkylation sites (tertiary alicyclic amines) is 1. The lowest BCUT2D eigenvalue weighted by Gasteiger charge is -2.19. The second-order valence-electron chi connectivity index (χ2n) is 5.92. The summed E-state index contributed by atoms with van der Waals surface area (Å²) < 4.78 is 0.461. The van der Waals surface area contributed by atoms with E-state index in [1.165, 1.54) is 12.1 Å². The van der Waals surface area contributed by atoms with Crippen molar-refractivity contribution in [1.29, 1.82) is 0 Å². The molecule has 0 spiro atoms. The van der Waals surface area contributed by atoms with E-state index >= 15 is 0 Å². The van der Waals surface area contributed by atoms with Crippen molar-refractivity contribution in [3.63, 3.8) is 0 Å². The summed E-state index contributed by atoms with van der Waals surface area (Å²) in [6, 6.07) is 2.97. The number of rotatable bonds is 2. The van der Waals surface area contributed by atoms with Crippen LogP contribution in [-0.2, 0) is 0 Å². The van der Waals surface area contributed by atoms with E-state index in [1.807, 2.05) is 0 Å². The molecule has 2 fully saturated rings. The molecule has 1 saturated heterocycles. The number of nitro benzene ring substituents is 1. The summed E-state index contributed by atoms with van der Waals surface area (Å²) in [5.41, 5.74) is 5.97. The SMILES string of the molecule is NC1CCC2CN(C(=O)c3cc(Br)cc([N+](=O)[O-])c3Cl)CC12. The molecule has 3 unspecified atom stereocenters. The molecule has 0 radical (unpaired) electrons. The predicted molar refractivity (Wildman–Crippen MR) is 85.9 cm³/mol. The number of benzene rings is 1. The summed E-state index contributed by atoms with van der Waals surface area (Å²) in [6.07, 6.45) is 2.03. The predicted octanol–water partition coefficient (Wildman–Crippen LogP) is 2.82. The lowest BCUT2D eigenvalue weighted by Crippen LogP contribution is -2.33. The number of nitrogens with two attached hydrogens (primary N) is 1. The third kappa shape index (κ3) is 2.61. The van der Waals surface area contributed by atoms with Gasteiger partial charge in [-0.1, -0.05) is 27.5 Å². The Morgan fingerprint density at radius 1 is 1.41 bits per heavy atom. The molecule has 2 N–H and O–H groups in total. The Kier molecular flexibility index (Phi) is 4.13. The topological polar surface area (TPSA) is 89.5 Å². The average Bonchev–Trinajstić information content (AvgIpc) is 3.02. The van der Waals surface area contributed by atoms with Crippen LogP contribution in [0.15, 0.2) is 16.6 Å². The molecule has 1 aromatic rings. The van der Waals surface area contributed by atoms with Crippen molar-refractivity contribution in [2.75, 3.05) is 13.1 Å². The summed E-state index contributed by atoms with van der Waals surface area (Å²) in [5.74, 6) is 0.487. The van der Waals surface area contributed by atoms with Gasteiger partial charge in [-0.05, 0) is 30.7 Å². The third-order valence-corrected chi connectivity index (χ3v) is 5.50. The summed E-state index contributed by atoms with van der Waals surface area (Å²) >= 11 is 9.26. The number of hydrogen-bond donors (Lipinski definition) is 1. The van der Waals surface area contributed by atoms with E-state index in [1.54, 1.807) is 4.90 Å². The van der Waals surface area contributed by atoms with E-state index in [9.17, 15) is 14.9 Å². The van der Waals surface area contributed by atoms with Crippen LogP contribution in [0.25, 0.3) is 0 Å². The summed E-state index contributed by atoms with van der Waals surface area (Å²) in [6.45, 7) is 1.25. The number of hydrogen-bond acceptors (Lipinski definition) is 4. The highest BCUT2D eigenvalue weighted by Gasteiger charge is 2.43. The normalized spacial score (nSPS) is 27.0. The molecule has 1 aromatic carbocycles. The van der Waals surface area contributed by atoms with Gasteiger partial charge in [-0.15, -0.1) is 0 Å². The molecular formula is C14H15BrClN3O3. The first-order valence-electron chi connectivity index (χ1n) is 7.06. The molecule has 2 aliphatic rings. The summed E-state index contributed by atoms with van der Waals surface area (Å²) in [4.78, 5) is 24.9. The molecule has 6 nitrogen and oxygen atoms in total. The molecular weight excluding hydrogens is 374 g/mol. The van der Waals surface area contributed by atoms with Crippen LogP contribution in [0.3, 0.4) is 0 Å². The number of carbonyl (C=O) groups is 1. The molecule has 3 atom stereocenters. The van der Waals surface area contributed by atoms with Crippen molar-refractivity contribution in [1.82, 2.24) is 4.90 Å². The number of carbonyl (C=O) groups excluding carboxylic acids is 1. The highest BCUT2D eigenvalue weighted by molar-refractivity contribution is 9.10. The molecule has 118 valence electrons. The highest BCUT2D eigenvalue weighted by atomic mass is 79.9. The average molecular weight is 389 g/mol. The number of nitrogens with zero attached hydrogens (tertiary/aromatic N) is 2. The number of nitro groups is 1. The highest BCUT2D eigenvalue weighted by Crippen LogP contribution is 2.39. The zero-order valence-electron chi connectivity index (χ0n) is 11.7. The maximum absolute atomic E-state index is 12.7. The van der Waals surface area contributed by atoms with E-state index < -0.39 is 4.92 Å². The minimum absolute atomic E-state index is 0.112. The lowest BCUT2D eigenvalue weighted by atomic mass is 9.98. The Bertz CT molecular complexity index is 654. The van der Waals surface area contributed by atoms with E-state index in [-0.39, 0.29) is 28.2 Å². The van der Waals surface area contributed by atoms with E-state index in [0.717, 1.165) is 12.8 Å². The molecule has 1 heterocycles. The van der Waals surface area contributed by atoms with Gasteiger partial charge in [0.2, 0.25) is 0 Å². The van der Waals surface area contributed by atoms with Gasteiger partial charge in [-0.3, -0.25) is 14.9 Å². The Balaban J connectivity index is 1.89. The fourth-order valence-electron chi connectivity index (χ4n) is 3.51. The van der Waals surface area contributed by atoms with Crippen molar-refractivity contribution < 1.29 is 9.72 Å². The van der Waals surface area contributed by atoms with Crippen molar-refractivity contribution in [2.24, 2.45) is 17.6 Å². The molecule has 3 rings (SSSR count). The van der Waals surface area contributed by atoms with Gasteiger partial charge in [0.15, 0.2) is 0 Å². The first-order chi connectivity index (χ1) is 10.4. The second kappa shape index (κ2) is 5.79. The quantitative estimate of drug-likeness (QED) is 0.623. The second-order valence-corrected chi connectivity index (χ2v) is 7.21.